The van der Waals surface area contributed by atoms with Crippen molar-refractivity contribution in [1.82, 2.24) is 9.88 Å². The Bertz CT molecular complexity index is 995. The summed E-state index contributed by atoms with van der Waals surface area (Å²) in [6.45, 7) is -0.181. The van der Waals surface area contributed by atoms with Gasteiger partial charge in [-0.15, -0.1) is 0 Å². The molecule has 1 aliphatic carbocycles. The van der Waals surface area contributed by atoms with Gasteiger partial charge in [0.1, 0.15) is 6.04 Å². The molecule has 31 heavy (non-hydrogen) atoms. The van der Waals surface area contributed by atoms with Crippen LogP contribution in [0.25, 0.3) is 0 Å². The van der Waals surface area contributed by atoms with Gasteiger partial charge in [-0.25, -0.2) is 0 Å². The van der Waals surface area contributed by atoms with Crippen molar-refractivity contribution < 1.29 is 9.90 Å². The summed E-state index contributed by atoms with van der Waals surface area (Å²) in [5.74, 6) is 6.79. The van der Waals surface area contributed by atoms with Crippen LogP contribution < -0.4 is 0 Å². The molecule has 1 amide bonds. The van der Waals surface area contributed by atoms with Crippen molar-refractivity contribution in [2.45, 2.75) is 56.5 Å². The summed E-state index contributed by atoms with van der Waals surface area (Å²) in [4.78, 5) is 18.5. The Morgan fingerprint density at radius 3 is 2.55 bits per heavy atom. The molecule has 4 rings (SSSR count). The predicted octanol–water partition coefficient (Wildman–Crippen LogP) is 3.43. The fourth-order valence-corrected chi connectivity index (χ4v) is 4.72. The molecule has 2 aliphatic rings. The van der Waals surface area contributed by atoms with Gasteiger partial charge < -0.3 is 10.0 Å². The highest BCUT2D eigenvalue weighted by atomic mass is 16.3. The third-order valence-corrected chi connectivity index (χ3v) is 6.40. The van der Waals surface area contributed by atoms with Gasteiger partial charge in [-0.2, -0.15) is 5.26 Å². The number of nitriles is 1. The van der Waals surface area contributed by atoms with Gasteiger partial charge in [0.2, 0.25) is 5.91 Å². The monoisotopic (exact) mass is 413 g/mol. The fourth-order valence-electron chi connectivity index (χ4n) is 4.72. The molecule has 158 valence electrons. The third kappa shape index (κ3) is 4.63. The Morgan fingerprint density at radius 2 is 1.90 bits per heavy atom. The molecule has 0 radical (unpaired) electrons. The number of hydrogen-bond donors (Lipinski definition) is 1. The minimum Gasteiger partial charge on any atom is -0.394 e. The van der Waals surface area contributed by atoms with E-state index in [1.54, 1.807) is 18.3 Å². The highest BCUT2D eigenvalue weighted by Crippen LogP contribution is 2.40. The third-order valence-electron chi connectivity index (χ3n) is 6.40. The van der Waals surface area contributed by atoms with Gasteiger partial charge >= 0.3 is 0 Å². The minimum absolute atomic E-state index is 0.123. The maximum atomic E-state index is 12.8. The Hall–Kier alpha value is -3.15. The molecule has 1 aromatic carbocycles. The summed E-state index contributed by atoms with van der Waals surface area (Å²) in [6, 6.07) is 14.6. The van der Waals surface area contributed by atoms with Crippen molar-refractivity contribution in [2.75, 3.05) is 6.61 Å². The van der Waals surface area contributed by atoms with Gasteiger partial charge in [-0.1, -0.05) is 49.3 Å². The second kappa shape index (κ2) is 9.77. The number of aliphatic hydroxyl groups excluding tert-OH is 1. The van der Waals surface area contributed by atoms with Crippen LogP contribution in [-0.4, -0.2) is 39.6 Å². The normalized spacial score (nSPS) is 23.2. The van der Waals surface area contributed by atoms with E-state index in [0.717, 1.165) is 11.1 Å². The van der Waals surface area contributed by atoms with Crippen LogP contribution in [0.2, 0.25) is 0 Å². The number of carbonyl (C=O) groups excluding carboxylic acids is 1. The molecule has 1 N–H and O–H groups in total. The van der Waals surface area contributed by atoms with Crippen LogP contribution in [0.4, 0.5) is 0 Å². The zero-order valence-electron chi connectivity index (χ0n) is 17.6. The molecule has 1 saturated heterocycles. The largest absolute Gasteiger partial charge is 0.394 e. The molecule has 2 aromatic rings. The van der Waals surface area contributed by atoms with Crippen LogP contribution in [0.3, 0.4) is 0 Å². The molecule has 5 heteroatoms. The number of carbonyl (C=O) groups is 1. The number of benzene rings is 1. The number of amides is 1. The first kappa shape index (κ1) is 21.1. The molecule has 1 aromatic heterocycles. The van der Waals surface area contributed by atoms with E-state index in [4.69, 9.17) is 0 Å². The summed E-state index contributed by atoms with van der Waals surface area (Å²) in [5.41, 5.74) is 2.58. The number of rotatable bonds is 4. The minimum atomic E-state index is -0.590. The lowest BCUT2D eigenvalue weighted by Gasteiger charge is -2.51. The Morgan fingerprint density at radius 1 is 1.13 bits per heavy atom. The average molecular weight is 414 g/mol. The van der Waals surface area contributed by atoms with Crippen molar-refractivity contribution in [3.63, 3.8) is 0 Å². The topological polar surface area (TPSA) is 77.2 Å². The molecular formula is C26H27N3O2. The zero-order valence-corrected chi connectivity index (χ0v) is 17.6. The maximum Gasteiger partial charge on any atom is 0.230 e. The highest BCUT2D eigenvalue weighted by Gasteiger charge is 2.51. The number of nitrogens with zero attached hydrogens (tertiary/aromatic N) is 3. The molecule has 2 fully saturated rings. The summed E-state index contributed by atoms with van der Waals surface area (Å²) >= 11 is 0. The molecule has 0 spiro atoms. The van der Waals surface area contributed by atoms with Gasteiger partial charge in [0, 0.05) is 29.3 Å². The standard InChI is InChI=1S/C26H27N3O2/c27-17-23-26(24(18-30)29(23)25(31)16-22-8-4-5-15-28-22)21-13-11-20(12-14-21)10-9-19-6-2-1-3-7-19/h4-5,8,11-15,19,23-24,26,30H,1-3,6-7,16,18H2/t23-,24-,26-/m1/s1. The van der Waals surface area contributed by atoms with Crippen molar-refractivity contribution >= 4 is 5.91 Å². The van der Waals surface area contributed by atoms with E-state index in [1.807, 2.05) is 30.3 Å². The van der Waals surface area contributed by atoms with Crippen LogP contribution in [0.1, 0.15) is 54.8 Å². The average Bonchev–Trinajstić information content (AvgIpc) is 2.80. The molecule has 1 aliphatic heterocycles. The van der Waals surface area contributed by atoms with Gasteiger partial charge in [-0.05, 0) is 42.7 Å². The Balaban J connectivity index is 1.45. The SMILES string of the molecule is N#C[C@@H]1[C@@H](c2ccc(C#CC3CCCCC3)cc2)[C@@H](CO)N1C(=O)Cc1ccccn1. The van der Waals surface area contributed by atoms with Crippen LogP contribution in [0.5, 0.6) is 0 Å². The smallest absolute Gasteiger partial charge is 0.230 e. The lowest BCUT2D eigenvalue weighted by molar-refractivity contribution is -0.146. The summed E-state index contributed by atoms with van der Waals surface area (Å²) < 4.78 is 0. The van der Waals surface area contributed by atoms with Crippen molar-refractivity contribution in [2.24, 2.45) is 5.92 Å². The van der Waals surface area contributed by atoms with E-state index in [0.29, 0.717) is 11.6 Å². The lowest BCUT2D eigenvalue weighted by Crippen LogP contribution is -2.65. The molecule has 2 heterocycles. The summed E-state index contributed by atoms with van der Waals surface area (Å²) in [7, 11) is 0. The van der Waals surface area contributed by atoms with Crippen LogP contribution in [0.15, 0.2) is 48.7 Å². The number of aliphatic hydroxyl groups is 1. The molecule has 3 atom stereocenters. The van der Waals surface area contributed by atoms with Gasteiger partial charge in [0.15, 0.2) is 0 Å². The first-order chi connectivity index (χ1) is 15.2. The second-order valence-corrected chi connectivity index (χ2v) is 8.37. The van der Waals surface area contributed by atoms with Gasteiger partial charge in [0.25, 0.3) is 0 Å². The van der Waals surface area contributed by atoms with E-state index in [-0.39, 0.29) is 24.9 Å². The van der Waals surface area contributed by atoms with E-state index < -0.39 is 12.1 Å². The lowest BCUT2D eigenvalue weighted by atomic mass is 9.75. The summed E-state index contributed by atoms with van der Waals surface area (Å²) in [5, 5.41) is 19.7. The first-order valence-electron chi connectivity index (χ1n) is 11.0. The summed E-state index contributed by atoms with van der Waals surface area (Å²) in [6.07, 6.45) is 8.02. The van der Waals surface area contributed by atoms with E-state index in [1.165, 1.54) is 37.0 Å². The Kier molecular flexibility index (Phi) is 6.65. The second-order valence-electron chi connectivity index (χ2n) is 8.37. The predicted molar refractivity (Wildman–Crippen MR) is 118 cm³/mol. The van der Waals surface area contributed by atoms with Crippen molar-refractivity contribution in [1.29, 1.82) is 5.26 Å². The molecular weight excluding hydrogens is 386 g/mol. The zero-order chi connectivity index (χ0) is 21.6. The quantitative estimate of drug-likeness (QED) is 0.779. The van der Waals surface area contributed by atoms with E-state index in [9.17, 15) is 15.2 Å². The number of pyridine rings is 1. The van der Waals surface area contributed by atoms with Crippen molar-refractivity contribution in [3.8, 4) is 17.9 Å². The van der Waals surface area contributed by atoms with Crippen LogP contribution in [-0.2, 0) is 11.2 Å². The van der Waals surface area contributed by atoms with E-state index in [2.05, 4.69) is 22.9 Å². The van der Waals surface area contributed by atoms with Gasteiger partial charge in [0.05, 0.1) is 25.1 Å². The highest BCUT2D eigenvalue weighted by molar-refractivity contribution is 5.81. The molecule has 1 saturated carbocycles. The van der Waals surface area contributed by atoms with Crippen LogP contribution in [0, 0.1) is 29.1 Å². The molecule has 0 unspecified atom stereocenters. The first-order valence-corrected chi connectivity index (χ1v) is 11.0. The molecule has 0 bridgehead atoms. The number of hydrogen-bond acceptors (Lipinski definition) is 4. The van der Waals surface area contributed by atoms with E-state index >= 15 is 0 Å². The number of aromatic nitrogens is 1. The fraction of sp³-hybridized carbons (Fsp3) is 0.423. The Labute approximate surface area is 183 Å². The van der Waals surface area contributed by atoms with Crippen molar-refractivity contribution in [3.05, 3.63) is 65.5 Å². The van der Waals surface area contributed by atoms with Crippen LogP contribution >= 0.6 is 0 Å². The number of likely N-dealkylation sites (tertiary alicyclic amines) is 1. The van der Waals surface area contributed by atoms with Gasteiger partial charge in [-0.3, -0.25) is 9.78 Å². The maximum absolute atomic E-state index is 12.8. The molecule has 5 nitrogen and oxygen atoms in total.